The van der Waals surface area contributed by atoms with Gasteiger partial charge in [0.15, 0.2) is 0 Å². The van der Waals surface area contributed by atoms with Crippen LogP contribution in [-0.2, 0) is 16.6 Å². The summed E-state index contributed by atoms with van der Waals surface area (Å²) in [5, 5.41) is 4.25. The monoisotopic (exact) mass is 368 g/mol. The van der Waals surface area contributed by atoms with Gasteiger partial charge in [-0.15, -0.1) is 0 Å². The summed E-state index contributed by atoms with van der Waals surface area (Å²) in [6.07, 6.45) is 8.14. The Kier molecular flexibility index (Phi) is 4.57. The van der Waals surface area contributed by atoms with Crippen molar-refractivity contribution >= 4 is 10.0 Å². The predicted octanol–water partition coefficient (Wildman–Crippen LogP) is 2.85. The lowest BCUT2D eigenvalue weighted by atomic mass is 10.1. The zero-order valence-corrected chi connectivity index (χ0v) is 15.1. The lowest BCUT2D eigenvalue weighted by Gasteiger charge is -2.23. The normalized spacial score (nSPS) is 18.2. The Morgan fingerprint density at radius 1 is 1.08 bits per heavy atom. The largest absolute Gasteiger partial charge is 0.267 e. The SMILES string of the molecule is O=S(=O)(c1cnn(Cc2ccccc2)c1)N1CCCC1c1ccncc1. The molecule has 0 spiro atoms. The third-order valence-electron chi connectivity index (χ3n) is 4.70. The van der Waals surface area contributed by atoms with E-state index in [1.165, 1.54) is 6.20 Å². The fourth-order valence-corrected chi connectivity index (χ4v) is 5.05. The number of nitrogens with zero attached hydrogens (tertiary/aromatic N) is 4. The first-order valence-electron chi connectivity index (χ1n) is 8.63. The second-order valence-corrected chi connectivity index (χ2v) is 8.30. The molecule has 7 heteroatoms. The Bertz CT molecular complexity index is 971. The van der Waals surface area contributed by atoms with Crippen molar-refractivity contribution in [3.05, 3.63) is 78.4 Å². The molecule has 4 rings (SSSR count). The van der Waals surface area contributed by atoms with Gasteiger partial charge in [0.05, 0.1) is 18.8 Å². The molecule has 134 valence electrons. The summed E-state index contributed by atoms with van der Waals surface area (Å²) in [7, 11) is -3.58. The van der Waals surface area contributed by atoms with Gasteiger partial charge in [0.25, 0.3) is 0 Å². The van der Waals surface area contributed by atoms with Gasteiger partial charge < -0.3 is 0 Å². The van der Waals surface area contributed by atoms with E-state index >= 15 is 0 Å². The molecule has 1 unspecified atom stereocenters. The highest BCUT2D eigenvalue weighted by Crippen LogP contribution is 2.36. The maximum atomic E-state index is 13.1. The molecule has 1 saturated heterocycles. The first-order valence-corrected chi connectivity index (χ1v) is 10.1. The number of pyridine rings is 1. The molecule has 1 aliphatic rings. The van der Waals surface area contributed by atoms with Crippen LogP contribution in [0.25, 0.3) is 0 Å². The molecule has 0 N–H and O–H groups in total. The number of hydrogen-bond donors (Lipinski definition) is 0. The minimum Gasteiger partial charge on any atom is -0.267 e. The Morgan fingerprint density at radius 2 is 1.85 bits per heavy atom. The maximum absolute atomic E-state index is 13.1. The van der Waals surface area contributed by atoms with E-state index in [9.17, 15) is 8.42 Å². The molecule has 0 saturated carbocycles. The molecule has 0 radical (unpaired) electrons. The van der Waals surface area contributed by atoms with Crippen molar-refractivity contribution in [2.75, 3.05) is 6.54 Å². The van der Waals surface area contributed by atoms with Crippen molar-refractivity contribution < 1.29 is 8.42 Å². The summed E-state index contributed by atoms with van der Waals surface area (Å²) in [6.45, 7) is 1.07. The Hall–Kier alpha value is -2.51. The fourth-order valence-electron chi connectivity index (χ4n) is 3.42. The standard InChI is InChI=1S/C19H20N4O2S/c24-26(25,23-12-4-7-19(23)17-8-10-20-11-9-17)18-13-21-22(15-18)14-16-5-2-1-3-6-16/h1-3,5-6,8-11,13,15,19H,4,7,12,14H2. The number of hydrogen-bond acceptors (Lipinski definition) is 4. The molecular weight excluding hydrogens is 348 g/mol. The van der Waals surface area contributed by atoms with Gasteiger partial charge in [0.2, 0.25) is 10.0 Å². The highest BCUT2D eigenvalue weighted by atomic mass is 32.2. The van der Waals surface area contributed by atoms with Crippen molar-refractivity contribution in [3.8, 4) is 0 Å². The smallest absolute Gasteiger partial charge is 0.246 e. The molecule has 0 aliphatic carbocycles. The molecule has 1 fully saturated rings. The second-order valence-electron chi connectivity index (χ2n) is 6.41. The first kappa shape index (κ1) is 16.9. The lowest BCUT2D eigenvalue weighted by Crippen LogP contribution is -2.30. The maximum Gasteiger partial charge on any atom is 0.246 e. The van der Waals surface area contributed by atoms with Crippen LogP contribution in [0.5, 0.6) is 0 Å². The van der Waals surface area contributed by atoms with Crippen molar-refractivity contribution in [3.63, 3.8) is 0 Å². The summed E-state index contributed by atoms with van der Waals surface area (Å²) in [4.78, 5) is 4.27. The Balaban J connectivity index is 1.58. The van der Waals surface area contributed by atoms with E-state index < -0.39 is 10.0 Å². The molecule has 6 nitrogen and oxygen atoms in total. The van der Waals surface area contributed by atoms with E-state index in [1.54, 1.807) is 27.6 Å². The van der Waals surface area contributed by atoms with Crippen LogP contribution in [0.4, 0.5) is 0 Å². The summed E-state index contributed by atoms with van der Waals surface area (Å²) < 4.78 is 29.5. The molecule has 1 aliphatic heterocycles. The predicted molar refractivity (Wildman–Crippen MR) is 97.9 cm³/mol. The summed E-state index contributed by atoms with van der Waals surface area (Å²) in [5.74, 6) is 0. The molecule has 0 amide bonds. The molecule has 1 atom stereocenters. The van der Waals surface area contributed by atoms with Gasteiger partial charge in [-0.05, 0) is 36.1 Å². The molecule has 2 aromatic heterocycles. The minimum absolute atomic E-state index is 0.138. The third-order valence-corrected chi connectivity index (χ3v) is 6.56. The van der Waals surface area contributed by atoms with Crippen LogP contribution in [0, 0.1) is 0 Å². The van der Waals surface area contributed by atoms with Crippen LogP contribution in [0.3, 0.4) is 0 Å². The zero-order valence-electron chi connectivity index (χ0n) is 14.3. The van der Waals surface area contributed by atoms with Gasteiger partial charge in [-0.1, -0.05) is 30.3 Å². The quantitative estimate of drug-likeness (QED) is 0.694. The topological polar surface area (TPSA) is 68.1 Å². The van der Waals surface area contributed by atoms with E-state index in [-0.39, 0.29) is 10.9 Å². The van der Waals surface area contributed by atoms with Crippen molar-refractivity contribution in [1.82, 2.24) is 19.1 Å². The van der Waals surface area contributed by atoms with Crippen LogP contribution in [0.15, 0.2) is 72.1 Å². The van der Waals surface area contributed by atoms with Gasteiger partial charge in [0.1, 0.15) is 4.90 Å². The fraction of sp³-hybridized carbons (Fsp3) is 0.263. The zero-order chi connectivity index (χ0) is 18.0. The van der Waals surface area contributed by atoms with Crippen LogP contribution in [-0.4, -0.2) is 34.0 Å². The molecule has 3 aromatic rings. The van der Waals surface area contributed by atoms with Crippen LogP contribution < -0.4 is 0 Å². The summed E-state index contributed by atoms with van der Waals surface area (Å²) in [5.41, 5.74) is 2.06. The van der Waals surface area contributed by atoms with Crippen LogP contribution in [0.2, 0.25) is 0 Å². The van der Waals surface area contributed by atoms with Gasteiger partial charge in [-0.25, -0.2) is 8.42 Å². The van der Waals surface area contributed by atoms with Crippen molar-refractivity contribution in [2.45, 2.75) is 30.3 Å². The summed E-state index contributed by atoms with van der Waals surface area (Å²) >= 11 is 0. The molecule has 3 heterocycles. The van der Waals surface area contributed by atoms with E-state index in [4.69, 9.17) is 0 Å². The number of sulfonamides is 1. The summed E-state index contributed by atoms with van der Waals surface area (Å²) in [6, 6.07) is 13.5. The average Bonchev–Trinajstić information content (AvgIpc) is 3.33. The molecular formula is C19H20N4O2S. The highest BCUT2D eigenvalue weighted by molar-refractivity contribution is 7.89. The van der Waals surface area contributed by atoms with Gasteiger partial charge in [-0.3, -0.25) is 9.67 Å². The Labute approximate surface area is 153 Å². The van der Waals surface area contributed by atoms with Gasteiger partial charge >= 0.3 is 0 Å². The first-order chi connectivity index (χ1) is 12.6. The van der Waals surface area contributed by atoms with E-state index in [1.807, 2.05) is 42.5 Å². The van der Waals surface area contributed by atoms with Crippen molar-refractivity contribution in [1.29, 1.82) is 0 Å². The van der Waals surface area contributed by atoms with E-state index in [2.05, 4.69) is 10.1 Å². The van der Waals surface area contributed by atoms with Crippen LogP contribution in [0.1, 0.15) is 30.0 Å². The second kappa shape index (κ2) is 7.01. The number of aromatic nitrogens is 3. The molecule has 0 bridgehead atoms. The van der Waals surface area contributed by atoms with Gasteiger partial charge in [0, 0.05) is 25.1 Å². The minimum atomic E-state index is -3.58. The third kappa shape index (κ3) is 3.27. The average molecular weight is 368 g/mol. The van der Waals surface area contributed by atoms with Gasteiger partial charge in [-0.2, -0.15) is 9.40 Å². The van der Waals surface area contributed by atoms with E-state index in [0.717, 1.165) is 24.0 Å². The van der Waals surface area contributed by atoms with Crippen molar-refractivity contribution in [2.24, 2.45) is 0 Å². The Morgan fingerprint density at radius 3 is 2.62 bits per heavy atom. The highest BCUT2D eigenvalue weighted by Gasteiger charge is 2.36. The van der Waals surface area contributed by atoms with E-state index in [0.29, 0.717) is 13.1 Å². The lowest BCUT2D eigenvalue weighted by molar-refractivity contribution is 0.396. The molecule has 1 aromatic carbocycles. The molecule has 26 heavy (non-hydrogen) atoms. The number of benzene rings is 1. The van der Waals surface area contributed by atoms with Crippen LogP contribution >= 0.6 is 0 Å². The number of rotatable bonds is 5.